The summed E-state index contributed by atoms with van der Waals surface area (Å²) in [7, 11) is 3.25. The van der Waals surface area contributed by atoms with Gasteiger partial charge >= 0.3 is 0 Å². The molecule has 1 aliphatic heterocycles. The van der Waals surface area contributed by atoms with Crippen molar-refractivity contribution in [2.24, 2.45) is 0 Å². The molecule has 7 nitrogen and oxygen atoms in total. The van der Waals surface area contributed by atoms with Gasteiger partial charge in [0.25, 0.3) is 5.91 Å². The van der Waals surface area contributed by atoms with Crippen molar-refractivity contribution in [3.05, 3.63) is 59.9 Å². The molecule has 2 heterocycles. The number of methoxy groups -OCH3 is 2. The van der Waals surface area contributed by atoms with Gasteiger partial charge in [-0.05, 0) is 48.7 Å². The van der Waals surface area contributed by atoms with Crippen molar-refractivity contribution in [3.8, 4) is 11.5 Å². The number of amides is 1. The van der Waals surface area contributed by atoms with E-state index in [4.69, 9.17) is 14.2 Å². The minimum absolute atomic E-state index is 0.131. The molecule has 0 bridgehead atoms. The Bertz CT molecular complexity index is 1050. The fourth-order valence-electron chi connectivity index (χ4n) is 3.95. The van der Waals surface area contributed by atoms with Gasteiger partial charge < -0.3 is 19.5 Å². The molecule has 4 rings (SSSR count). The lowest BCUT2D eigenvalue weighted by Gasteiger charge is -2.38. The van der Waals surface area contributed by atoms with Gasteiger partial charge in [0.05, 0.1) is 25.3 Å². The van der Waals surface area contributed by atoms with Crippen molar-refractivity contribution < 1.29 is 19.0 Å². The van der Waals surface area contributed by atoms with Gasteiger partial charge in [-0.1, -0.05) is 6.07 Å². The summed E-state index contributed by atoms with van der Waals surface area (Å²) in [5, 5.41) is 3.12. The van der Waals surface area contributed by atoms with E-state index in [9.17, 15) is 4.79 Å². The second-order valence-electron chi connectivity index (χ2n) is 7.40. The first-order valence-electron chi connectivity index (χ1n) is 9.94. The standard InChI is InChI=1S/C23H25N3O4/c1-28-20-6-4-17(14-21(20)29-2)23(7-11-30-12-8-23)15-26-22(27)16-3-5-18-19(13-16)25-10-9-24-18/h3-6,9-10,13-14H,7-8,11-12,15H2,1-2H3,(H,26,27). The first kappa shape index (κ1) is 20.1. The number of fused-ring (bicyclic) bond motifs is 1. The Hall–Kier alpha value is -3.19. The third-order valence-electron chi connectivity index (χ3n) is 5.76. The second-order valence-corrected chi connectivity index (χ2v) is 7.40. The van der Waals surface area contributed by atoms with Gasteiger partial charge in [0.1, 0.15) is 0 Å². The summed E-state index contributed by atoms with van der Waals surface area (Å²) in [5.74, 6) is 1.24. The van der Waals surface area contributed by atoms with Gasteiger partial charge in [-0.3, -0.25) is 14.8 Å². The van der Waals surface area contributed by atoms with E-state index in [1.54, 1.807) is 38.7 Å². The monoisotopic (exact) mass is 407 g/mol. The van der Waals surface area contributed by atoms with Crippen LogP contribution in [0.4, 0.5) is 0 Å². The summed E-state index contributed by atoms with van der Waals surface area (Å²) in [6.45, 7) is 1.80. The van der Waals surface area contributed by atoms with Crippen LogP contribution in [0.3, 0.4) is 0 Å². The zero-order valence-corrected chi connectivity index (χ0v) is 17.2. The molecule has 7 heteroatoms. The number of benzene rings is 2. The van der Waals surface area contributed by atoms with E-state index in [0.29, 0.717) is 42.3 Å². The fraction of sp³-hybridized carbons (Fsp3) is 0.348. The maximum absolute atomic E-state index is 12.9. The Balaban J connectivity index is 1.57. The van der Waals surface area contributed by atoms with Crippen LogP contribution in [0.25, 0.3) is 11.0 Å². The molecular weight excluding hydrogens is 382 g/mol. The molecular formula is C23H25N3O4. The molecule has 1 aliphatic rings. The molecule has 0 spiro atoms. The number of aromatic nitrogens is 2. The number of hydrogen-bond donors (Lipinski definition) is 1. The number of ether oxygens (including phenoxy) is 3. The van der Waals surface area contributed by atoms with Crippen LogP contribution in [-0.4, -0.2) is 49.9 Å². The fourth-order valence-corrected chi connectivity index (χ4v) is 3.95. The largest absolute Gasteiger partial charge is 0.493 e. The molecule has 1 fully saturated rings. The van der Waals surface area contributed by atoms with E-state index >= 15 is 0 Å². The van der Waals surface area contributed by atoms with Crippen LogP contribution in [0.2, 0.25) is 0 Å². The summed E-state index contributed by atoms with van der Waals surface area (Å²) in [6.07, 6.45) is 4.89. The molecule has 3 aromatic rings. The summed E-state index contributed by atoms with van der Waals surface area (Å²) in [5.41, 5.74) is 2.90. The zero-order chi connectivity index (χ0) is 21.0. The van der Waals surface area contributed by atoms with Crippen molar-refractivity contribution in [3.63, 3.8) is 0 Å². The number of nitrogens with zero attached hydrogens (tertiary/aromatic N) is 2. The van der Waals surface area contributed by atoms with Crippen molar-refractivity contribution in [2.45, 2.75) is 18.3 Å². The topological polar surface area (TPSA) is 82.6 Å². The summed E-state index contributed by atoms with van der Waals surface area (Å²) in [4.78, 5) is 21.4. The lowest BCUT2D eigenvalue weighted by Crippen LogP contribution is -2.44. The number of carbonyl (C=O) groups is 1. The van der Waals surface area contributed by atoms with Crippen LogP contribution in [0.5, 0.6) is 11.5 Å². The van der Waals surface area contributed by atoms with E-state index in [-0.39, 0.29) is 11.3 Å². The quantitative estimate of drug-likeness (QED) is 0.676. The minimum Gasteiger partial charge on any atom is -0.493 e. The lowest BCUT2D eigenvalue weighted by molar-refractivity contribution is 0.0486. The van der Waals surface area contributed by atoms with Gasteiger partial charge in [0, 0.05) is 43.1 Å². The lowest BCUT2D eigenvalue weighted by atomic mass is 9.74. The zero-order valence-electron chi connectivity index (χ0n) is 17.2. The van der Waals surface area contributed by atoms with Crippen LogP contribution in [0.15, 0.2) is 48.8 Å². The molecule has 1 aromatic heterocycles. The average molecular weight is 407 g/mol. The SMILES string of the molecule is COc1ccc(C2(CNC(=O)c3ccc4nccnc4c3)CCOCC2)cc1OC. The number of rotatable bonds is 6. The van der Waals surface area contributed by atoms with Crippen LogP contribution in [0.1, 0.15) is 28.8 Å². The smallest absolute Gasteiger partial charge is 0.251 e. The Labute approximate surface area is 175 Å². The number of carbonyl (C=O) groups excluding carboxylic acids is 1. The normalized spacial score (nSPS) is 15.5. The first-order chi connectivity index (χ1) is 14.6. The van der Waals surface area contributed by atoms with Crippen LogP contribution in [0, 0.1) is 0 Å². The molecule has 0 aliphatic carbocycles. The molecule has 0 atom stereocenters. The third kappa shape index (κ3) is 3.93. The van der Waals surface area contributed by atoms with E-state index in [0.717, 1.165) is 23.9 Å². The van der Waals surface area contributed by atoms with E-state index in [1.165, 1.54) is 0 Å². The molecule has 1 amide bonds. The highest BCUT2D eigenvalue weighted by Crippen LogP contribution is 2.39. The van der Waals surface area contributed by atoms with E-state index in [1.807, 2.05) is 24.3 Å². The van der Waals surface area contributed by atoms with Gasteiger partial charge in [0.2, 0.25) is 0 Å². The molecule has 0 radical (unpaired) electrons. The Morgan fingerprint density at radius 3 is 2.47 bits per heavy atom. The van der Waals surface area contributed by atoms with Crippen molar-refractivity contribution in [2.75, 3.05) is 34.0 Å². The van der Waals surface area contributed by atoms with Crippen LogP contribution in [-0.2, 0) is 10.2 Å². The average Bonchev–Trinajstić information content (AvgIpc) is 2.82. The molecule has 1 saturated heterocycles. The third-order valence-corrected chi connectivity index (χ3v) is 5.76. The highest BCUT2D eigenvalue weighted by atomic mass is 16.5. The van der Waals surface area contributed by atoms with Gasteiger partial charge in [-0.15, -0.1) is 0 Å². The van der Waals surface area contributed by atoms with Crippen molar-refractivity contribution >= 4 is 16.9 Å². The first-order valence-corrected chi connectivity index (χ1v) is 9.94. The predicted octanol–water partition coefficient (Wildman–Crippen LogP) is 3.13. The summed E-state index contributed by atoms with van der Waals surface area (Å²) < 4.78 is 16.5. The Morgan fingerprint density at radius 2 is 1.73 bits per heavy atom. The highest BCUT2D eigenvalue weighted by molar-refractivity contribution is 5.97. The van der Waals surface area contributed by atoms with Gasteiger partial charge in [-0.2, -0.15) is 0 Å². The maximum Gasteiger partial charge on any atom is 0.251 e. The van der Waals surface area contributed by atoms with Crippen LogP contribution < -0.4 is 14.8 Å². The molecule has 0 saturated carbocycles. The van der Waals surface area contributed by atoms with Crippen molar-refractivity contribution in [1.82, 2.24) is 15.3 Å². The highest BCUT2D eigenvalue weighted by Gasteiger charge is 2.35. The Kier molecular flexibility index (Phi) is 5.81. The minimum atomic E-state index is -0.232. The van der Waals surface area contributed by atoms with E-state index < -0.39 is 0 Å². The number of hydrogen-bond acceptors (Lipinski definition) is 6. The predicted molar refractivity (Wildman–Crippen MR) is 113 cm³/mol. The Morgan fingerprint density at radius 1 is 1.00 bits per heavy atom. The summed E-state index contributed by atoms with van der Waals surface area (Å²) in [6, 6.07) is 11.3. The summed E-state index contributed by atoms with van der Waals surface area (Å²) >= 11 is 0. The molecule has 156 valence electrons. The van der Waals surface area contributed by atoms with E-state index in [2.05, 4.69) is 15.3 Å². The molecule has 0 unspecified atom stereocenters. The molecule has 1 N–H and O–H groups in total. The van der Waals surface area contributed by atoms with Gasteiger partial charge in [-0.25, -0.2) is 0 Å². The molecule has 2 aromatic carbocycles. The molecule has 30 heavy (non-hydrogen) atoms. The van der Waals surface area contributed by atoms with Crippen LogP contribution >= 0.6 is 0 Å². The number of nitrogens with one attached hydrogen (secondary N) is 1. The van der Waals surface area contributed by atoms with Gasteiger partial charge in [0.15, 0.2) is 11.5 Å². The second kappa shape index (κ2) is 8.67. The van der Waals surface area contributed by atoms with Crippen molar-refractivity contribution in [1.29, 1.82) is 0 Å². The maximum atomic E-state index is 12.9.